The Hall–Kier alpha value is -0.330. The summed E-state index contributed by atoms with van der Waals surface area (Å²) in [6.07, 6.45) is 8.39. The SMILES string of the molecule is CCCCCCC1(C)CCC(C)(C)C1=O. The summed E-state index contributed by atoms with van der Waals surface area (Å²) in [6.45, 7) is 8.61. The van der Waals surface area contributed by atoms with Crippen molar-refractivity contribution in [3.05, 3.63) is 0 Å². The second kappa shape index (κ2) is 4.67. The number of carbonyl (C=O) groups excluding carboxylic acids is 1. The number of hydrogen-bond acceptors (Lipinski definition) is 1. The lowest BCUT2D eigenvalue weighted by molar-refractivity contribution is -0.132. The van der Waals surface area contributed by atoms with Gasteiger partial charge in [-0.1, -0.05) is 53.4 Å². The molecule has 1 atom stereocenters. The van der Waals surface area contributed by atoms with Gasteiger partial charge in [-0.15, -0.1) is 0 Å². The Morgan fingerprint density at radius 1 is 1.07 bits per heavy atom. The van der Waals surface area contributed by atoms with E-state index in [1.807, 2.05) is 0 Å². The molecule has 1 aliphatic rings. The van der Waals surface area contributed by atoms with E-state index in [4.69, 9.17) is 0 Å². The van der Waals surface area contributed by atoms with Gasteiger partial charge in [0.05, 0.1) is 0 Å². The molecule has 1 heteroatoms. The van der Waals surface area contributed by atoms with E-state index < -0.39 is 0 Å². The summed E-state index contributed by atoms with van der Waals surface area (Å²) >= 11 is 0. The van der Waals surface area contributed by atoms with Crippen LogP contribution in [0.15, 0.2) is 0 Å². The van der Waals surface area contributed by atoms with Crippen LogP contribution in [0.4, 0.5) is 0 Å². The number of rotatable bonds is 5. The Morgan fingerprint density at radius 2 is 1.73 bits per heavy atom. The number of Topliss-reactive ketones (excluding diaryl/α,β-unsaturated/α-hetero) is 1. The fraction of sp³-hybridized carbons (Fsp3) is 0.929. The highest BCUT2D eigenvalue weighted by molar-refractivity contribution is 5.91. The van der Waals surface area contributed by atoms with Gasteiger partial charge in [0, 0.05) is 10.8 Å². The standard InChI is InChI=1S/C14H26O/c1-5-6-7-8-9-14(4)11-10-13(2,3)12(14)15/h5-11H2,1-4H3. The second-order valence-corrected chi connectivity index (χ2v) is 6.08. The van der Waals surface area contributed by atoms with Crippen molar-refractivity contribution < 1.29 is 4.79 Å². The summed E-state index contributed by atoms with van der Waals surface area (Å²) in [4.78, 5) is 12.2. The highest BCUT2D eigenvalue weighted by Gasteiger charge is 2.47. The van der Waals surface area contributed by atoms with Crippen molar-refractivity contribution in [2.75, 3.05) is 0 Å². The molecule has 1 unspecified atom stereocenters. The lowest BCUT2D eigenvalue weighted by Crippen LogP contribution is -2.29. The minimum Gasteiger partial charge on any atom is -0.298 e. The first-order valence-corrected chi connectivity index (χ1v) is 6.47. The zero-order valence-electron chi connectivity index (χ0n) is 10.9. The summed E-state index contributed by atoms with van der Waals surface area (Å²) in [5.41, 5.74) is -0.0588. The molecule has 0 saturated heterocycles. The highest BCUT2D eigenvalue weighted by Crippen LogP contribution is 2.48. The van der Waals surface area contributed by atoms with E-state index in [9.17, 15) is 4.79 Å². The van der Waals surface area contributed by atoms with E-state index in [0.717, 1.165) is 19.3 Å². The van der Waals surface area contributed by atoms with Gasteiger partial charge in [0.1, 0.15) is 5.78 Å². The third kappa shape index (κ3) is 2.83. The van der Waals surface area contributed by atoms with Crippen LogP contribution in [0, 0.1) is 10.8 Å². The molecule has 0 N–H and O–H groups in total. The van der Waals surface area contributed by atoms with Crippen LogP contribution in [0.3, 0.4) is 0 Å². The van der Waals surface area contributed by atoms with Crippen LogP contribution in [0.1, 0.15) is 72.6 Å². The van der Waals surface area contributed by atoms with Crippen molar-refractivity contribution in [3.63, 3.8) is 0 Å². The molecule has 0 amide bonds. The van der Waals surface area contributed by atoms with Crippen molar-refractivity contribution in [1.82, 2.24) is 0 Å². The summed E-state index contributed by atoms with van der Waals surface area (Å²) in [5, 5.41) is 0. The van der Waals surface area contributed by atoms with Crippen molar-refractivity contribution in [2.24, 2.45) is 10.8 Å². The Bertz CT molecular complexity index is 229. The van der Waals surface area contributed by atoms with Crippen LogP contribution in [0.5, 0.6) is 0 Å². The van der Waals surface area contributed by atoms with Crippen molar-refractivity contribution >= 4 is 5.78 Å². The Balaban J connectivity index is 2.43. The fourth-order valence-electron chi connectivity index (χ4n) is 2.81. The zero-order chi connectivity index (χ0) is 11.5. The first-order chi connectivity index (χ1) is 6.92. The van der Waals surface area contributed by atoms with E-state index >= 15 is 0 Å². The molecule has 15 heavy (non-hydrogen) atoms. The summed E-state index contributed by atoms with van der Waals surface area (Å²) in [6, 6.07) is 0. The van der Waals surface area contributed by atoms with Crippen LogP contribution < -0.4 is 0 Å². The third-order valence-electron chi connectivity index (χ3n) is 4.05. The number of ketones is 1. The molecule has 0 heterocycles. The maximum absolute atomic E-state index is 12.2. The molecular formula is C14H26O. The number of hydrogen-bond donors (Lipinski definition) is 0. The Labute approximate surface area is 94.6 Å². The minimum atomic E-state index is -0.0560. The van der Waals surface area contributed by atoms with E-state index in [0.29, 0.717) is 5.78 Å². The molecule has 0 aliphatic heterocycles. The van der Waals surface area contributed by atoms with Gasteiger partial charge >= 0.3 is 0 Å². The Morgan fingerprint density at radius 3 is 2.20 bits per heavy atom. The van der Waals surface area contributed by atoms with Gasteiger partial charge in [-0.25, -0.2) is 0 Å². The molecule has 1 nitrogen and oxygen atoms in total. The molecule has 1 saturated carbocycles. The fourth-order valence-corrected chi connectivity index (χ4v) is 2.81. The molecule has 0 spiro atoms. The van der Waals surface area contributed by atoms with Gasteiger partial charge in [-0.05, 0) is 19.3 Å². The highest BCUT2D eigenvalue weighted by atomic mass is 16.1. The average molecular weight is 210 g/mol. The molecular weight excluding hydrogens is 184 g/mol. The van der Waals surface area contributed by atoms with Crippen molar-refractivity contribution in [3.8, 4) is 0 Å². The average Bonchev–Trinajstić information content (AvgIpc) is 2.39. The topological polar surface area (TPSA) is 17.1 Å². The van der Waals surface area contributed by atoms with Gasteiger partial charge in [0.2, 0.25) is 0 Å². The monoisotopic (exact) mass is 210 g/mol. The predicted octanol–water partition coefficient (Wildman–Crippen LogP) is 4.35. The zero-order valence-corrected chi connectivity index (χ0v) is 10.9. The first kappa shape index (κ1) is 12.7. The van der Waals surface area contributed by atoms with Gasteiger partial charge in [-0.3, -0.25) is 4.79 Å². The molecule has 0 radical (unpaired) electrons. The summed E-state index contributed by atoms with van der Waals surface area (Å²) < 4.78 is 0. The van der Waals surface area contributed by atoms with Crippen LogP contribution in [0.25, 0.3) is 0 Å². The lowest BCUT2D eigenvalue weighted by atomic mass is 9.78. The van der Waals surface area contributed by atoms with Crippen molar-refractivity contribution in [1.29, 1.82) is 0 Å². The number of carbonyl (C=O) groups is 1. The molecule has 0 bridgehead atoms. The maximum Gasteiger partial charge on any atom is 0.144 e. The molecule has 1 fully saturated rings. The number of unbranched alkanes of at least 4 members (excludes halogenated alkanes) is 3. The molecule has 88 valence electrons. The molecule has 0 aromatic rings. The molecule has 0 aromatic carbocycles. The smallest absolute Gasteiger partial charge is 0.144 e. The van der Waals surface area contributed by atoms with Crippen LogP contribution >= 0.6 is 0 Å². The van der Waals surface area contributed by atoms with Gasteiger partial charge in [-0.2, -0.15) is 0 Å². The quantitative estimate of drug-likeness (QED) is 0.616. The van der Waals surface area contributed by atoms with Crippen LogP contribution in [-0.2, 0) is 4.79 Å². The van der Waals surface area contributed by atoms with Gasteiger partial charge in [0.25, 0.3) is 0 Å². The summed E-state index contributed by atoms with van der Waals surface area (Å²) in [5.74, 6) is 0.506. The molecule has 1 aliphatic carbocycles. The largest absolute Gasteiger partial charge is 0.298 e. The molecule has 1 rings (SSSR count). The van der Waals surface area contributed by atoms with Gasteiger partial charge in [0.15, 0.2) is 0 Å². The first-order valence-electron chi connectivity index (χ1n) is 6.47. The minimum absolute atomic E-state index is 0.00274. The van der Waals surface area contributed by atoms with Crippen LogP contribution in [-0.4, -0.2) is 5.78 Å². The Kier molecular flexibility index (Phi) is 3.97. The predicted molar refractivity (Wildman–Crippen MR) is 64.9 cm³/mol. The third-order valence-corrected chi connectivity index (χ3v) is 4.05. The second-order valence-electron chi connectivity index (χ2n) is 6.08. The van der Waals surface area contributed by atoms with E-state index in [1.165, 1.54) is 25.7 Å². The maximum atomic E-state index is 12.2. The van der Waals surface area contributed by atoms with E-state index in [-0.39, 0.29) is 10.8 Å². The van der Waals surface area contributed by atoms with Gasteiger partial charge < -0.3 is 0 Å². The summed E-state index contributed by atoms with van der Waals surface area (Å²) in [7, 11) is 0. The van der Waals surface area contributed by atoms with Crippen LogP contribution in [0.2, 0.25) is 0 Å². The van der Waals surface area contributed by atoms with Crippen molar-refractivity contribution in [2.45, 2.75) is 72.6 Å². The normalized spacial score (nSPS) is 29.7. The molecule has 0 aromatic heterocycles. The van der Waals surface area contributed by atoms with E-state index in [2.05, 4.69) is 27.7 Å². The van der Waals surface area contributed by atoms with E-state index in [1.54, 1.807) is 0 Å². The lowest BCUT2D eigenvalue weighted by Gasteiger charge is -2.24.